The summed E-state index contributed by atoms with van der Waals surface area (Å²) >= 11 is 6.01. The number of ether oxygens (including phenoxy) is 1. The molecule has 3 aromatic rings. The van der Waals surface area contributed by atoms with Gasteiger partial charge >= 0.3 is 0 Å². The van der Waals surface area contributed by atoms with Gasteiger partial charge in [0.2, 0.25) is 0 Å². The molecular weight excluding hydrogens is 424 g/mol. The molecule has 1 amide bonds. The van der Waals surface area contributed by atoms with E-state index in [-0.39, 0.29) is 34.4 Å². The number of ketones is 1. The molecule has 1 aliphatic heterocycles. The fourth-order valence-electron chi connectivity index (χ4n) is 3.59. The van der Waals surface area contributed by atoms with Crippen LogP contribution < -0.4 is 4.74 Å². The number of carbonyl (C=O) groups excluding carboxylic acids is 2. The minimum absolute atomic E-state index is 0.0225. The summed E-state index contributed by atoms with van der Waals surface area (Å²) < 4.78 is 32.7. The molecule has 1 heterocycles. The molecule has 4 nitrogen and oxygen atoms in total. The molecule has 1 aliphatic rings. The van der Waals surface area contributed by atoms with E-state index in [0.717, 1.165) is 24.1 Å². The van der Waals surface area contributed by atoms with Gasteiger partial charge in [-0.15, -0.1) is 0 Å². The first-order valence-corrected chi connectivity index (χ1v) is 10.1. The van der Waals surface area contributed by atoms with Crippen molar-refractivity contribution in [2.45, 2.75) is 13.0 Å². The van der Waals surface area contributed by atoms with Crippen molar-refractivity contribution in [3.05, 3.63) is 99.6 Å². The summed E-state index contributed by atoms with van der Waals surface area (Å²) in [5.41, 5.74) is 2.16. The Labute approximate surface area is 183 Å². The van der Waals surface area contributed by atoms with Crippen molar-refractivity contribution in [1.29, 1.82) is 0 Å². The number of benzene rings is 3. The highest BCUT2D eigenvalue weighted by Crippen LogP contribution is 2.27. The highest BCUT2D eigenvalue weighted by atomic mass is 35.5. The molecule has 7 heteroatoms. The van der Waals surface area contributed by atoms with Gasteiger partial charge in [0.05, 0.1) is 5.56 Å². The summed E-state index contributed by atoms with van der Waals surface area (Å²) in [4.78, 5) is 27.2. The van der Waals surface area contributed by atoms with E-state index >= 15 is 0 Å². The number of fused-ring (bicyclic) bond motifs is 1. The van der Waals surface area contributed by atoms with Crippen LogP contribution in [0.1, 0.15) is 27.0 Å². The Morgan fingerprint density at radius 2 is 1.68 bits per heavy atom. The highest BCUT2D eigenvalue weighted by molar-refractivity contribution is 6.31. The van der Waals surface area contributed by atoms with E-state index in [1.165, 1.54) is 23.8 Å². The minimum Gasteiger partial charge on any atom is -0.483 e. The van der Waals surface area contributed by atoms with Crippen LogP contribution in [-0.4, -0.2) is 29.7 Å². The van der Waals surface area contributed by atoms with E-state index in [2.05, 4.69) is 6.07 Å². The van der Waals surface area contributed by atoms with Crippen molar-refractivity contribution in [2.75, 3.05) is 13.2 Å². The lowest BCUT2D eigenvalue weighted by Crippen LogP contribution is -2.38. The third kappa shape index (κ3) is 4.75. The van der Waals surface area contributed by atoms with Crippen LogP contribution in [0.5, 0.6) is 5.75 Å². The van der Waals surface area contributed by atoms with Crippen LogP contribution in [0.4, 0.5) is 8.78 Å². The minimum atomic E-state index is -0.867. The number of rotatable bonds is 5. The van der Waals surface area contributed by atoms with Gasteiger partial charge in [-0.25, -0.2) is 8.78 Å². The molecule has 0 radical (unpaired) electrons. The number of hydrogen-bond donors (Lipinski definition) is 0. The molecule has 0 bridgehead atoms. The zero-order chi connectivity index (χ0) is 22.0. The van der Waals surface area contributed by atoms with E-state index in [1.54, 1.807) is 4.90 Å². The van der Waals surface area contributed by atoms with E-state index < -0.39 is 17.4 Å². The SMILES string of the molecule is O=C(c1cc(F)cc(F)c1)c1cc(Cl)ccc1OCC(=O)N1CCc2ccccc2C1. The van der Waals surface area contributed by atoms with Crippen LogP contribution in [0.2, 0.25) is 5.02 Å². The molecule has 4 rings (SSSR count). The van der Waals surface area contributed by atoms with E-state index in [9.17, 15) is 18.4 Å². The summed E-state index contributed by atoms with van der Waals surface area (Å²) in [7, 11) is 0. The summed E-state index contributed by atoms with van der Waals surface area (Å²) in [5.74, 6) is -2.50. The van der Waals surface area contributed by atoms with Crippen LogP contribution in [0.25, 0.3) is 0 Å². The van der Waals surface area contributed by atoms with Crippen molar-refractivity contribution >= 4 is 23.3 Å². The molecule has 31 heavy (non-hydrogen) atoms. The Balaban J connectivity index is 1.50. The molecule has 0 aliphatic carbocycles. The number of carbonyl (C=O) groups is 2. The van der Waals surface area contributed by atoms with Crippen molar-refractivity contribution in [3.63, 3.8) is 0 Å². The summed E-state index contributed by atoms with van der Waals surface area (Å²) in [5, 5.41) is 0.256. The highest BCUT2D eigenvalue weighted by Gasteiger charge is 2.22. The summed E-state index contributed by atoms with van der Waals surface area (Å²) in [6.45, 7) is 0.795. The topological polar surface area (TPSA) is 46.6 Å². The third-order valence-electron chi connectivity index (χ3n) is 5.15. The molecule has 3 aromatic carbocycles. The van der Waals surface area contributed by atoms with Gasteiger partial charge in [0.25, 0.3) is 5.91 Å². The quantitative estimate of drug-likeness (QED) is 0.534. The Morgan fingerprint density at radius 1 is 0.968 bits per heavy atom. The lowest BCUT2D eigenvalue weighted by atomic mass is 10.00. The van der Waals surface area contributed by atoms with Crippen LogP contribution in [-0.2, 0) is 17.8 Å². The van der Waals surface area contributed by atoms with Crippen LogP contribution in [0.3, 0.4) is 0 Å². The second-order valence-electron chi connectivity index (χ2n) is 7.25. The van der Waals surface area contributed by atoms with Crippen LogP contribution >= 0.6 is 11.6 Å². The van der Waals surface area contributed by atoms with E-state index in [1.807, 2.05) is 18.2 Å². The lowest BCUT2D eigenvalue weighted by Gasteiger charge is -2.28. The molecule has 0 saturated carbocycles. The first-order chi connectivity index (χ1) is 14.9. The predicted octanol–water partition coefficient (Wildman–Crippen LogP) is 4.81. The Kier molecular flexibility index (Phi) is 6.00. The fraction of sp³-hybridized carbons (Fsp3) is 0.167. The third-order valence-corrected chi connectivity index (χ3v) is 5.38. The van der Waals surface area contributed by atoms with Gasteiger partial charge in [0, 0.05) is 29.7 Å². The van der Waals surface area contributed by atoms with Crippen molar-refractivity contribution in [2.24, 2.45) is 0 Å². The van der Waals surface area contributed by atoms with Gasteiger partial charge in [-0.05, 0) is 47.9 Å². The largest absolute Gasteiger partial charge is 0.483 e. The number of hydrogen-bond acceptors (Lipinski definition) is 3. The van der Waals surface area contributed by atoms with Gasteiger partial charge in [-0.2, -0.15) is 0 Å². The molecule has 0 unspecified atom stereocenters. The first kappa shape index (κ1) is 21.0. The molecule has 0 aromatic heterocycles. The molecule has 0 fully saturated rings. The van der Waals surface area contributed by atoms with Gasteiger partial charge in [-0.3, -0.25) is 9.59 Å². The van der Waals surface area contributed by atoms with E-state index in [0.29, 0.717) is 19.2 Å². The van der Waals surface area contributed by atoms with Crippen molar-refractivity contribution in [1.82, 2.24) is 4.90 Å². The molecule has 0 spiro atoms. The molecule has 0 N–H and O–H groups in total. The summed E-state index contributed by atoms with van der Waals surface area (Å²) in [6.07, 6.45) is 0.762. The average Bonchev–Trinajstić information content (AvgIpc) is 2.76. The normalized spacial score (nSPS) is 12.9. The first-order valence-electron chi connectivity index (χ1n) is 9.68. The fourth-order valence-corrected chi connectivity index (χ4v) is 3.76. The van der Waals surface area contributed by atoms with Crippen LogP contribution in [0.15, 0.2) is 60.7 Å². The average molecular weight is 442 g/mol. The van der Waals surface area contributed by atoms with Gasteiger partial charge in [0.15, 0.2) is 12.4 Å². The molecule has 0 atom stereocenters. The maximum Gasteiger partial charge on any atom is 0.260 e. The second kappa shape index (κ2) is 8.86. The van der Waals surface area contributed by atoms with Crippen LogP contribution in [0, 0.1) is 11.6 Å². The monoisotopic (exact) mass is 441 g/mol. The molecule has 0 saturated heterocycles. The predicted molar refractivity (Wildman–Crippen MR) is 112 cm³/mol. The van der Waals surface area contributed by atoms with Gasteiger partial charge < -0.3 is 9.64 Å². The zero-order valence-corrected chi connectivity index (χ0v) is 17.2. The molecule has 158 valence electrons. The lowest BCUT2D eigenvalue weighted by molar-refractivity contribution is -0.134. The standard InChI is InChI=1S/C24H18ClF2NO3/c25-18-5-6-22(21(11-18)24(30)17-9-19(26)12-20(27)10-17)31-14-23(29)28-8-7-15-3-1-2-4-16(15)13-28/h1-6,9-12H,7-8,13-14H2. The number of amides is 1. The van der Waals surface area contributed by atoms with Gasteiger partial charge in [-0.1, -0.05) is 35.9 Å². The Bertz CT molecular complexity index is 1150. The Morgan fingerprint density at radius 3 is 2.42 bits per heavy atom. The number of nitrogens with zero attached hydrogens (tertiary/aromatic N) is 1. The number of halogens is 3. The van der Waals surface area contributed by atoms with E-state index in [4.69, 9.17) is 16.3 Å². The van der Waals surface area contributed by atoms with Crippen molar-refractivity contribution < 1.29 is 23.1 Å². The summed E-state index contributed by atoms with van der Waals surface area (Å²) in [6, 6.07) is 14.8. The second-order valence-corrected chi connectivity index (χ2v) is 7.69. The van der Waals surface area contributed by atoms with Crippen molar-refractivity contribution in [3.8, 4) is 5.75 Å². The molecular formula is C24H18ClF2NO3. The Hall–Kier alpha value is -3.25. The smallest absolute Gasteiger partial charge is 0.260 e. The maximum absolute atomic E-state index is 13.5. The zero-order valence-electron chi connectivity index (χ0n) is 16.4. The maximum atomic E-state index is 13.5. The van der Waals surface area contributed by atoms with Gasteiger partial charge in [0.1, 0.15) is 17.4 Å².